The number of hydrogen-bond acceptors (Lipinski definition) is 4. The molecule has 0 atom stereocenters. The predicted molar refractivity (Wildman–Crippen MR) is 76.0 cm³/mol. The Hall–Kier alpha value is -2.34. The molecule has 1 radical (unpaired) electrons. The molecule has 22 heavy (non-hydrogen) atoms. The van der Waals surface area contributed by atoms with Gasteiger partial charge < -0.3 is 9.94 Å². The van der Waals surface area contributed by atoms with Gasteiger partial charge in [0, 0.05) is 27.9 Å². The van der Waals surface area contributed by atoms with E-state index >= 15 is 0 Å². The third kappa shape index (κ3) is 2.82. The van der Waals surface area contributed by atoms with Gasteiger partial charge in [0.1, 0.15) is 5.76 Å². The van der Waals surface area contributed by atoms with Crippen LogP contribution in [-0.4, -0.2) is 17.0 Å². The number of benzene rings is 2. The Kier molecular flexibility index (Phi) is 4.82. The van der Waals surface area contributed by atoms with E-state index < -0.39 is 11.9 Å². The molecule has 0 bridgehead atoms. The van der Waals surface area contributed by atoms with Gasteiger partial charge in [-0.1, -0.05) is 48.5 Å². The molecular weight excluding hydrogens is 378 g/mol. The molecule has 1 fully saturated rings. The third-order valence-corrected chi connectivity index (χ3v) is 3.05. The van der Waals surface area contributed by atoms with E-state index in [0.29, 0.717) is 11.3 Å². The van der Waals surface area contributed by atoms with Crippen LogP contribution in [0, 0.1) is 0 Å². The molecule has 0 aliphatic carbocycles. The van der Waals surface area contributed by atoms with Crippen LogP contribution in [0.2, 0.25) is 0 Å². The second kappa shape index (κ2) is 6.62. The van der Waals surface area contributed by atoms with Gasteiger partial charge in [0.2, 0.25) is 0 Å². The zero-order valence-corrected chi connectivity index (χ0v) is 12.7. The molecule has 115 valence electrons. The number of aliphatic hydroxyl groups excluding tert-OH is 1. The minimum absolute atomic E-state index is 0. The van der Waals surface area contributed by atoms with Crippen LogP contribution in [0.25, 0.3) is 5.76 Å². The molecule has 0 aromatic heterocycles. The van der Waals surface area contributed by atoms with E-state index in [2.05, 4.69) is 0 Å². The van der Waals surface area contributed by atoms with Crippen molar-refractivity contribution in [3.8, 4) is 0 Å². The number of hydrogen-bond donors (Lipinski definition) is 1. The summed E-state index contributed by atoms with van der Waals surface area (Å²) < 4.78 is 0. The molecule has 1 N–H and O–H groups in total. The molecule has 0 saturated carbocycles. The fourth-order valence-corrected chi connectivity index (χ4v) is 2.03. The standard InChI is InChI=1S/C16H11NO4.Ag/c18-14(11-7-3-1-4-8-11)13-15(19)17(21-16(13)20)12-9-5-2-6-10-12;/h1-10,18H;/b14-13-;. The molecule has 0 spiro atoms. The van der Waals surface area contributed by atoms with Crippen LogP contribution in [0.1, 0.15) is 5.56 Å². The van der Waals surface area contributed by atoms with Crippen LogP contribution in [0.3, 0.4) is 0 Å². The van der Waals surface area contributed by atoms with Crippen LogP contribution in [-0.2, 0) is 36.8 Å². The van der Waals surface area contributed by atoms with Gasteiger partial charge >= 0.3 is 11.9 Å². The molecule has 6 heteroatoms. The minimum atomic E-state index is -0.870. The van der Waals surface area contributed by atoms with Gasteiger partial charge in [0.05, 0.1) is 5.69 Å². The monoisotopic (exact) mass is 388 g/mol. The summed E-state index contributed by atoms with van der Waals surface area (Å²) in [6, 6.07) is 16.9. The summed E-state index contributed by atoms with van der Waals surface area (Å²) in [7, 11) is 0. The van der Waals surface area contributed by atoms with Crippen molar-refractivity contribution in [1.82, 2.24) is 0 Å². The summed E-state index contributed by atoms with van der Waals surface area (Å²) in [5, 5.41) is 11.0. The second-order valence-electron chi connectivity index (χ2n) is 4.40. The Morgan fingerprint density at radius 1 is 0.909 bits per heavy atom. The summed E-state index contributed by atoms with van der Waals surface area (Å²) in [6.45, 7) is 0. The summed E-state index contributed by atoms with van der Waals surface area (Å²) in [4.78, 5) is 29.1. The summed E-state index contributed by atoms with van der Waals surface area (Å²) >= 11 is 0. The topological polar surface area (TPSA) is 66.8 Å². The van der Waals surface area contributed by atoms with E-state index in [0.717, 1.165) is 5.06 Å². The largest absolute Gasteiger partial charge is 0.506 e. The predicted octanol–water partition coefficient (Wildman–Crippen LogP) is 2.46. The molecule has 1 aliphatic rings. The molecule has 1 heterocycles. The Morgan fingerprint density at radius 2 is 1.45 bits per heavy atom. The number of para-hydroxylation sites is 1. The first-order valence-corrected chi connectivity index (χ1v) is 6.29. The number of carbonyl (C=O) groups is 2. The second-order valence-corrected chi connectivity index (χ2v) is 4.40. The molecule has 1 aliphatic heterocycles. The maximum absolute atomic E-state index is 12.3. The molecule has 2 aromatic rings. The van der Waals surface area contributed by atoms with Crippen LogP contribution in [0.4, 0.5) is 5.69 Å². The van der Waals surface area contributed by atoms with Crippen LogP contribution in [0.15, 0.2) is 66.2 Å². The first kappa shape index (κ1) is 16.0. The van der Waals surface area contributed by atoms with Gasteiger partial charge in [-0.2, -0.15) is 0 Å². The zero-order chi connectivity index (χ0) is 14.8. The van der Waals surface area contributed by atoms with Crippen LogP contribution >= 0.6 is 0 Å². The SMILES string of the molecule is O=C1ON(c2ccccc2)C(=O)/C1=C(/O)c1ccccc1.[Ag]. The molecule has 2 aromatic carbocycles. The summed E-state index contributed by atoms with van der Waals surface area (Å²) in [5.74, 6) is -1.94. The number of aliphatic hydroxyl groups is 1. The number of rotatable bonds is 2. The molecule has 1 saturated heterocycles. The van der Waals surface area contributed by atoms with E-state index in [9.17, 15) is 14.7 Å². The van der Waals surface area contributed by atoms with Crippen molar-refractivity contribution in [3.05, 3.63) is 71.8 Å². The van der Waals surface area contributed by atoms with E-state index in [-0.39, 0.29) is 33.7 Å². The van der Waals surface area contributed by atoms with E-state index in [1.165, 1.54) is 0 Å². The first-order chi connectivity index (χ1) is 10.2. The maximum Gasteiger partial charge on any atom is 0.373 e. The fourth-order valence-electron chi connectivity index (χ4n) is 2.03. The minimum Gasteiger partial charge on any atom is -0.506 e. The molecule has 0 unspecified atom stereocenters. The van der Waals surface area contributed by atoms with E-state index in [1.54, 1.807) is 60.7 Å². The van der Waals surface area contributed by atoms with Crippen LogP contribution in [0.5, 0.6) is 0 Å². The van der Waals surface area contributed by atoms with Crippen molar-refractivity contribution in [2.45, 2.75) is 0 Å². The maximum atomic E-state index is 12.3. The van der Waals surface area contributed by atoms with Gasteiger partial charge in [-0.05, 0) is 12.1 Å². The van der Waals surface area contributed by atoms with Gasteiger partial charge in [-0.25, -0.2) is 4.79 Å². The number of amides is 1. The van der Waals surface area contributed by atoms with Crippen LogP contribution < -0.4 is 5.06 Å². The molecule has 1 amide bonds. The molecule has 3 rings (SSSR count). The van der Waals surface area contributed by atoms with Gasteiger partial charge in [0.15, 0.2) is 5.57 Å². The Morgan fingerprint density at radius 3 is 2.05 bits per heavy atom. The Bertz CT molecular complexity index is 728. The van der Waals surface area contributed by atoms with Crippen molar-refractivity contribution < 1.29 is 41.9 Å². The number of nitrogens with zero attached hydrogens (tertiary/aromatic N) is 1. The number of hydroxylamine groups is 1. The fraction of sp³-hybridized carbons (Fsp3) is 0. The number of carbonyl (C=O) groups excluding carboxylic acids is 2. The summed E-state index contributed by atoms with van der Waals surface area (Å²) in [5.41, 5.74) is 0.435. The molecule has 5 nitrogen and oxygen atoms in total. The Labute approximate surface area is 142 Å². The third-order valence-electron chi connectivity index (χ3n) is 3.05. The quantitative estimate of drug-likeness (QED) is 0.371. The Balaban J connectivity index is 0.00000176. The summed E-state index contributed by atoms with van der Waals surface area (Å²) in [6.07, 6.45) is 0. The first-order valence-electron chi connectivity index (χ1n) is 6.29. The average molecular weight is 389 g/mol. The van der Waals surface area contributed by atoms with Crippen molar-refractivity contribution in [3.63, 3.8) is 0 Å². The average Bonchev–Trinajstić information content (AvgIpc) is 2.83. The smallest absolute Gasteiger partial charge is 0.373 e. The van der Waals surface area contributed by atoms with Crippen molar-refractivity contribution >= 4 is 23.3 Å². The van der Waals surface area contributed by atoms with Gasteiger partial charge in [-0.3, -0.25) is 4.79 Å². The van der Waals surface area contributed by atoms with Crippen molar-refractivity contribution in [2.24, 2.45) is 0 Å². The number of anilines is 1. The normalized spacial score (nSPS) is 16.1. The van der Waals surface area contributed by atoms with Crippen molar-refractivity contribution in [2.75, 3.05) is 5.06 Å². The van der Waals surface area contributed by atoms with Gasteiger partial charge in [-0.15, -0.1) is 5.06 Å². The molecular formula is C16H11AgNO4. The van der Waals surface area contributed by atoms with E-state index in [1.807, 2.05) is 0 Å². The van der Waals surface area contributed by atoms with Gasteiger partial charge in [0.25, 0.3) is 0 Å². The van der Waals surface area contributed by atoms with E-state index in [4.69, 9.17) is 4.84 Å². The van der Waals surface area contributed by atoms with Crippen molar-refractivity contribution in [1.29, 1.82) is 0 Å². The zero-order valence-electron chi connectivity index (χ0n) is 11.2.